The molecule has 4 heteroatoms. The highest BCUT2D eigenvalue weighted by molar-refractivity contribution is 7.09. The van der Waals surface area contributed by atoms with Gasteiger partial charge in [-0.15, -0.1) is 11.3 Å². The average molecular weight is 253 g/mol. The van der Waals surface area contributed by atoms with Gasteiger partial charge in [-0.2, -0.15) is 0 Å². The summed E-state index contributed by atoms with van der Waals surface area (Å²) in [5.41, 5.74) is 7.09. The Morgan fingerprint density at radius 2 is 2.24 bits per heavy atom. The van der Waals surface area contributed by atoms with Crippen LogP contribution >= 0.6 is 11.3 Å². The third-order valence-corrected chi connectivity index (χ3v) is 4.64. The number of nitrogens with two attached hydrogens (primary N) is 1. The lowest BCUT2D eigenvalue weighted by Crippen LogP contribution is -2.42. The summed E-state index contributed by atoms with van der Waals surface area (Å²) >= 11 is 1.74. The molecule has 96 valence electrons. The van der Waals surface area contributed by atoms with E-state index in [4.69, 9.17) is 5.73 Å². The Morgan fingerprint density at radius 1 is 1.47 bits per heavy atom. The van der Waals surface area contributed by atoms with Gasteiger partial charge >= 0.3 is 0 Å². The third kappa shape index (κ3) is 3.27. The number of hydrogen-bond donors (Lipinski definition) is 1. The zero-order valence-electron chi connectivity index (χ0n) is 10.9. The highest BCUT2D eigenvalue weighted by Gasteiger charge is 2.27. The minimum atomic E-state index is 0.649. The van der Waals surface area contributed by atoms with E-state index in [0.717, 1.165) is 18.1 Å². The van der Waals surface area contributed by atoms with E-state index in [1.165, 1.54) is 31.4 Å². The third-order valence-electron chi connectivity index (χ3n) is 3.82. The molecule has 17 heavy (non-hydrogen) atoms. The van der Waals surface area contributed by atoms with E-state index in [2.05, 4.69) is 29.2 Å². The van der Waals surface area contributed by atoms with Gasteiger partial charge in [-0.25, -0.2) is 4.98 Å². The molecule has 1 heterocycles. The molecule has 1 saturated carbocycles. The van der Waals surface area contributed by atoms with Crippen LogP contribution in [0, 0.1) is 12.8 Å². The van der Waals surface area contributed by atoms with Crippen LogP contribution in [0.4, 0.5) is 0 Å². The number of rotatable bonds is 4. The molecule has 1 aliphatic rings. The van der Waals surface area contributed by atoms with Crippen molar-refractivity contribution in [1.82, 2.24) is 9.88 Å². The van der Waals surface area contributed by atoms with Crippen LogP contribution in [0.15, 0.2) is 5.38 Å². The van der Waals surface area contributed by atoms with Crippen LogP contribution in [0.2, 0.25) is 0 Å². The first kappa shape index (κ1) is 13.0. The van der Waals surface area contributed by atoms with E-state index in [0.29, 0.717) is 12.0 Å². The van der Waals surface area contributed by atoms with Crippen molar-refractivity contribution in [2.75, 3.05) is 13.6 Å². The fourth-order valence-corrected chi connectivity index (χ4v) is 3.50. The first-order valence-electron chi connectivity index (χ1n) is 6.52. The van der Waals surface area contributed by atoms with Crippen molar-refractivity contribution in [3.63, 3.8) is 0 Å². The summed E-state index contributed by atoms with van der Waals surface area (Å²) in [6.07, 6.45) is 5.28. The largest absolute Gasteiger partial charge is 0.330 e. The van der Waals surface area contributed by atoms with E-state index in [9.17, 15) is 0 Å². The number of hydrogen-bond acceptors (Lipinski definition) is 4. The highest BCUT2D eigenvalue weighted by Crippen LogP contribution is 2.28. The fraction of sp³-hybridized carbons (Fsp3) is 0.769. The predicted molar refractivity (Wildman–Crippen MR) is 73.1 cm³/mol. The smallest absolute Gasteiger partial charge is 0.0897 e. The predicted octanol–water partition coefficient (Wildman–Crippen LogP) is 2.40. The van der Waals surface area contributed by atoms with Crippen molar-refractivity contribution >= 4 is 11.3 Å². The number of nitrogens with zero attached hydrogens (tertiary/aromatic N) is 2. The molecule has 0 aromatic carbocycles. The van der Waals surface area contributed by atoms with Crippen LogP contribution in [0.5, 0.6) is 0 Å². The van der Waals surface area contributed by atoms with Crippen LogP contribution in [0.3, 0.4) is 0 Å². The molecule has 2 rings (SSSR count). The summed E-state index contributed by atoms with van der Waals surface area (Å²) in [6.45, 7) is 3.86. The molecule has 0 spiro atoms. The van der Waals surface area contributed by atoms with E-state index in [1.54, 1.807) is 11.3 Å². The first-order valence-corrected chi connectivity index (χ1v) is 7.40. The van der Waals surface area contributed by atoms with Crippen molar-refractivity contribution in [3.8, 4) is 0 Å². The zero-order chi connectivity index (χ0) is 12.3. The van der Waals surface area contributed by atoms with Crippen LogP contribution in [-0.4, -0.2) is 29.5 Å². The maximum atomic E-state index is 5.89. The van der Waals surface area contributed by atoms with Gasteiger partial charge in [0.25, 0.3) is 0 Å². The van der Waals surface area contributed by atoms with Crippen molar-refractivity contribution in [2.45, 2.75) is 45.2 Å². The summed E-state index contributed by atoms with van der Waals surface area (Å²) in [6, 6.07) is 0.649. The highest BCUT2D eigenvalue weighted by atomic mass is 32.1. The van der Waals surface area contributed by atoms with Gasteiger partial charge in [-0.3, -0.25) is 4.90 Å². The van der Waals surface area contributed by atoms with Crippen molar-refractivity contribution in [1.29, 1.82) is 0 Å². The normalized spacial score (nSPS) is 25.4. The van der Waals surface area contributed by atoms with E-state index in [-0.39, 0.29) is 0 Å². The minimum absolute atomic E-state index is 0.649. The lowest BCUT2D eigenvalue weighted by molar-refractivity contribution is 0.126. The summed E-state index contributed by atoms with van der Waals surface area (Å²) in [7, 11) is 2.22. The van der Waals surface area contributed by atoms with E-state index < -0.39 is 0 Å². The Kier molecular flexibility index (Phi) is 4.54. The van der Waals surface area contributed by atoms with Crippen molar-refractivity contribution < 1.29 is 0 Å². The summed E-state index contributed by atoms with van der Waals surface area (Å²) in [5, 5.41) is 3.33. The molecule has 1 aromatic rings. The summed E-state index contributed by atoms with van der Waals surface area (Å²) in [5.74, 6) is 0.675. The first-order chi connectivity index (χ1) is 8.20. The van der Waals surface area contributed by atoms with Gasteiger partial charge in [0.15, 0.2) is 0 Å². The molecular weight excluding hydrogens is 230 g/mol. The van der Waals surface area contributed by atoms with Gasteiger partial charge in [0, 0.05) is 18.0 Å². The number of aromatic nitrogens is 1. The Labute approximate surface area is 108 Å². The quantitative estimate of drug-likeness (QED) is 0.896. The molecule has 0 aliphatic heterocycles. The second-order valence-electron chi connectivity index (χ2n) is 5.12. The Morgan fingerprint density at radius 3 is 2.88 bits per heavy atom. The SMILES string of the molecule is Cc1nc(CN(C)C2CCCCC2CN)cs1. The molecule has 1 aromatic heterocycles. The molecular formula is C13H23N3S. The standard InChI is InChI=1S/C13H23N3S/c1-10-15-12(9-17-10)8-16(2)13-6-4-3-5-11(13)7-14/h9,11,13H,3-8,14H2,1-2H3. The topological polar surface area (TPSA) is 42.2 Å². The molecule has 0 amide bonds. The maximum absolute atomic E-state index is 5.89. The van der Waals surface area contributed by atoms with Gasteiger partial charge in [-0.1, -0.05) is 12.8 Å². The number of aryl methyl sites for hydroxylation is 1. The van der Waals surface area contributed by atoms with Gasteiger partial charge in [0.2, 0.25) is 0 Å². The zero-order valence-corrected chi connectivity index (χ0v) is 11.7. The monoisotopic (exact) mass is 253 g/mol. The molecule has 0 radical (unpaired) electrons. The second-order valence-corrected chi connectivity index (χ2v) is 6.18. The lowest BCUT2D eigenvalue weighted by Gasteiger charge is -2.37. The van der Waals surface area contributed by atoms with Crippen LogP contribution in [-0.2, 0) is 6.54 Å². The van der Waals surface area contributed by atoms with Crippen molar-refractivity contribution in [2.24, 2.45) is 11.7 Å². The molecule has 0 saturated heterocycles. The molecule has 1 fully saturated rings. The Bertz CT molecular complexity index is 350. The number of thiazole rings is 1. The van der Waals surface area contributed by atoms with Gasteiger partial charge in [0.05, 0.1) is 10.7 Å². The molecule has 0 bridgehead atoms. The van der Waals surface area contributed by atoms with Crippen molar-refractivity contribution in [3.05, 3.63) is 16.1 Å². The van der Waals surface area contributed by atoms with E-state index >= 15 is 0 Å². The molecule has 2 unspecified atom stereocenters. The van der Waals surface area contributed by atoms with Gasteiger partial charge in [0.1, 0.15) is 0 Å². The van der Waals surface area contributed by atoms with E-state index in [1.807, 2.05) is 0 Å². The Hall–Kier alpha value is -0.450. The van der Waals surface area contributed by atoms with Crippen LogP contribution < -0.4 is 5.73 Å². The minimum Gasteiger partial charge on any atom is -0.330 e. The van der Waals surface area contributed by atoms with Crippen LogP contribution in [0.1, 0.15) is 36.4 Å². The fourth-order valence-electron chi connectivity index (χ4n) is 2.90. The van der Waals surface area contributed by atoms with Crippen LogP contribution in [0.25, 0.3) is 0 Å². The average Bonchev–Trinajstić information content (AvgIpc) is 2.74. The second kappa shape index (κ2) is 5.94. The molecule has 2 N–H and O–H groups in total. The lowest BCUT2D eigenvalue weighted by atomic mass is 9.83. The molecule has 2 atom stereocenters. The Balaban J connectivity index is 1.95. The molecule has 1 aliphatic carbocycles. The molecule has 3 nitrogen and oxygen atoms in total. The van der Waals surface area contributed by atoms with Gasteiger partial charge in [-0.05, 0) is 39.3 Å². The summed E-state index contributed by atoms with van der Waals surface area (Å²) in [4.78, 5) is 6.99. The van der Waals surface area contributed by atoms with Gasteiger partial charge < -0.3 is 5.73 Å². The summed E-state index contributed by atoms with van der Waals surface area (Å²) < 4.78 is 0. The maximum Gasteiger partial charge on any atom is 0.0897 e.